The van der Waals surface area contributed by atoms with Crippen molar-refractivity contribution in [1.82, 2.24) is 0 Å². The van der Waals surface area contributed by atoms with Crippen LogP contribution in [0.4, 0.5) is 0 Å². The molecule has 0 rings (SSSR count). The maximum Gasteiger partial charge on any atom is 0.0287 e. The van der Waals surface area contributed by atoms with Gasteiger partial charge in [0.05, 0.1) is 0 Å². The van der Waals surface area contributed by atoms with E-state index in [1.165, 1.54) is 18.0 Å². The molecule has 0 saturated carbocycles. The van der Waals surface area contributed by atoms with Crippen LogP contribution in [-0.2, 0) is 17.1 Å². The van der Waals surface area contributed by atoms with Gasteiger partial charge in [-0.05, 0) is 0 Å². The Hall–Kier alpha value is 1.17. The largest absolute Gasteiger partial charge is 0.147 e. The molecule has 4 heavy (non-hydrogen) atoms. The van der Waals surface area contributed by atoms with Gasteiger partial charge in [-0.15, -0.1) is 8.13 Å². The average molecular weight is 133 g/mol. The van der Waals surface area contributed by atoms with Gasteiger partial charge in [-0.1, -0.05) is 6.66 Å². The van der Waals surface area contributed by atoms with E-state index in [0.29, 0.717) is 0 Å². The van der Waals surface area contributed by atoms with Crippen molar-refractivity contribution in [3.05, 3.63) is 0 Å². The van der Waals surface area contributed by atoms with Gasteiger partial charge in [0, 0.05) is 27.0 Å². The number of rotatable bonds is 0. The molecule has 0 saturated heterocycles. The third-order valence-corrected chi connectivity index (χ3v) is 0. The molecule has 1 unspecified atom stereocenters. The second-order valence-corrected chi connectivity index (χ2v) is 4.50. The molecule has 1 radical (unpaired) electrons. The number of hydrogen-bond acceptors (Lipinski definition) is 0. The van der Waals surface area contributed by atoms with Crippen LogP contribution in [0.25, 0.3) is 0 Å². The Bertz CT molecular complexity index is 8.00. The van der Waals surface area contributed by atoms with Crippen molar-refractivity contribution in [2.24, 2.45) is 0 Å². The molecule has 0 heterocycles. The Morgan fingerprint density at radius 3 is 1.75 bits per heavy atom. The average Bonchev–Trinajstić information content (AvgIpc) is 0.918. The summed E-state index contributed by atoms with van der Waals surface area (Å²) in [7, 11) is 2.62. The van der Waals surface area contributed by atoms with Crippen LogP contribution in [0.15, 0.2) is 0 Å². The first-order chi connectivity index (χ1) is 1.41. The first kappa shape index (κ1) is 8.94. The van der Waals surface area contributed by atoms with E-state index in [1.807, 2.05) is 0 Å². The van der Waals surface area contributed by atoms with Crippen LogP contribution in [-0.4, -0.2) is 16.6 Å². The van der Waals surface area contributed by atoms with E-state index in [4.69, 9.17) is 0 Å². The molecule has 0 amide bonds. The topological polar surface area (TPSA) is 0 Å². The number of hydrogen-bond donors (Lipinski definition) is 0. The Kier molecular flexibility index (Phi) is 19.9. The fraction of sp³-hybridized carbons (Fsp3) is 1.00. The minimum atomic E-state index is 0. The minimum Gasteiger partial charge on any atom is -0.147 e. The second kappa shape index (κ2) is 8.90. The predicted octanol–water partition coefficient (Wildman–Crippen LogP) is -0.427. The maximum absolute atomic E-state index is 2.21. The van der Waals surface area contributed by atoms with Crippen molar-refractivity contribution < 1.29 is 17.1 Å². The molecular formula is CH7MnPSi. The molecule has 0 aromatic rings. The minimum absolute atomic E-state index is 0. The third-order valence-electron chi connectivity index (χ3n) is 0. The van der Waals surface area contributed by atoms with E-state index in [0.717, 1.165) is 0 Å². The van der Waals surface area contributed by atoms with Gasteiger partial charge in [0.15, 0.2) is 0 Å². The van der Waals surface area contributed by atoms with Crippen molar-refractivity contribution in [1.29, 1.82) is 0 Å². The van der Waals surface area contributed by atoms with Crippen molar-refractivity contribution >= 4 is 18.0 Å². The molecule has 0 fully saturated rings. The molecule has 0 bridgehead atoms. The molecular weight excluding hydrogens is 126 g/mol. The van der Waals surface area contributed by atoms with Crippen LogP contribution < -0.4 is 0 Å². The molecule has 0 aromatic carbocycles. The molecule has 0 spiro atoms. The normalized spacial score (nSPS) is 8.25. The summed E-state index contributed by atoms with van der Waals surface area (Å²) in [6, 6.07) is 0. The Labute approximate surface area is 42.3 Å². The van der Waals surface area contributed by atoms with Gasteiger partial charge in [0.1, 0.15) is 0 Å². The Morgan fingerprint density at radius 1 is 1.75 bits per heavy atom. The first-order valence-corrected chi connectivity index (χ1v) is 6.00. The monoisotopic (exact) mass is 133 g/mol. The molecule has 0 aliphatic rings. The quantitative estimate of drug-likeness (QED) is 0.311. The van der Waals surface area contributed by atoms with E-state index in [9.17, 15) is 0 Å². The zero-order valence-electron chi connectivity index (χ0n) is 2.88. The predicted molar refractivity (Wildman–Crippen MR) is 24.2 cm³/mol. The van der Waals surface area contributed by atoms with Gasteiger partial charge in [-0.3, -0.25) is 0 Å². The summed E-state index contributed by atoms with van der Waals surface area (Å²) in [4.78, 5) is 0. The fourth-order valence-electron chi connectivity index (χ4n) is 0. The van der Waals surface area contributed by atoms with E-state index in [2.05, 4.69) is 6.66 Å². The molecule has 0 aliphatic carbocycles. The first-order valence-electron chi connectivity index (χ1n) is 1.00. The van der Waals surface area contributed by atoms with Crippen LogP contribution in [0, 0.1) is 0 Å². The smallest absolute Gasteiger partial charge is 0.0287 e. The fourth-order valence-corrected chi connectivity index (χ4v) is 0. The van der Waals surface area contributed by atoms with Gasteiger partial charge < -0.3 is 0 Å². The van der Waals surface area contributed by atoms with Crippen LogP contribution in [0.3, 0.4) is 0 Å². The van der Waals surface area contributed by atoms with Crippen molar-refractivity contribution in [2.75, 3.05) is 6.66 Å². The van der Waals surface area contributed by atoms with Gasteiger partial charge in [-0.2, -0.15) is 0 Å². The zero-order valence-corrected chi connectivity index (χ0v) is 7.06. The Balaban J connectivity index is 0. The van der Waals surface area contributed by atoms with Crippen molar-refractivity contribution in [3.8, 4) is 0 Å². The maximum atomic E-state index is 2.21. The molecule has 1 atom stereocenters. The van der Waals surface area contributed by atoms with Crippen LogP contribution >= 0.6 is 8.13 Å². The standard InChI is InChI=1S/CH7PSi.Mn/c1-2-3;/h2H,1,3H3;. The van der Waals surface area contributed by atoms with Crippen LogP contribution in [0.5, 0.6) is 0 Å². The van der Waals surface area contributed by atoms with E-state index in [-0.39, 0.29) is 17.1 Å². The summed E-state index contributed by atoms with van der Waals surface area (Å²) in [5, 5.41) is 0. The Morgan fingerprint density at radius 2 is 1.75 bits per heavy atom. The van der Waals surface area contributed by atoms with Gasteiger partial charge in [-0.25, -0.2) is 0 Å². The van der Waals surface area contributed by atoms with Gasteiger partial charge in [0.25, 0.3) is 0 Å². The van der Waals surface area contributed by atoms with Gasteiger partial charge in [0.2, 0.25) is 0 Å². The zero-order chi connectivity index (χ0) is 2.71. The summed E-state index contributed by atoms with van der Waals surface area (Å²) in [6.07, 6.45) is 0. The van der Waals surface area contributed by atoms with Crippen LogP contribution in [0.1, 0.15) is 0 Å². The molecule has 0 N–H and O–H groups in total. The summed E-state index contributed by atoms with van der Waals surface area (Å²) < 4.78 is 0. The molecule has 0 aliphatic heterocycles. The van der Waals surface area contributed by atoms with Crippen molar-refractivity contribution in [3.63, 3.8) is 0 Å². The van der Waals surface area contributed by atoms with Crippen LogP contribution in [0.2, 0.25) is 0 Å². The summed E-state index contributed by atoms with van der Waals surface area (Å²) >= 11 is 0. The van der Waals surface area contributed by atoms with E-state index < -0.39 is 0 Å². The SMILES string of the molecule is CP[SiH3].[Mn]. The molecule has 0 nitrogen and oxygen atoms in total. The van der Waals surface area contributed by atoms with E-state index >= 15 is 0 Å². The summed E-state index contributed by atoms with van der Waals surface area (Å²) in [5.74, 6) is 0. The van der Waals surface area contributed by atoms with Crippen molar-refractivity contribution in [2.45, 2.75) is 0 Å². The second-order valence-electron chi connectivity index (χ2n) is 0.500. The third kappa shape index (κ3) is 10.9. The van der Waals surface area contributed by atoms with Gasteiger partial charge >= 0.3 is 0 Å². The molecule has 27 valence electrons. The molecule has 3 heteroatoms. The summed E-state index contributed by atoms with van der Waals surface area (Å²) in [6.45, 7) is 2.21. The summed E-state index contributed by atoms with van der Waals surface area (Å²) in [5.41, 5.74) is 0. The van der Waals surface area contributed by atoms with E-state index in [1.54, 1.807) is 0 Å². The molecule has 0 aromatic heterocycles.